The van der Waals surface area contributed by atoms with Gasteiger partial charge in [0.2, 0.25) is 5.91 Å². The number of carbonyl (C=O) groups is 3. The molecule has 0 aromatic heterocycles. The minimum atomic E-state index is -0.845. The van der Waals surface area contributed by atoms with Gasteiger partial charge in [0.15, 0.2) is 0 Å². The zero-order valence-corrected chi connectivity index (χ0v) is 19.6. The number of rotatable bonds is 14. The smallest absolute Gasteiger partial charge is 0.407 e. The van der Waals surface area contributed by atoms with Crippen molar-refractivity contribution < 1.29 is 24.2 Å². The molecule has 0 atom stereocenters. The van der Waals surface area contributed by atoms with Crippen molar-refractivity contribution in [3.8, 4) is 11.1 Å². The van der Waals surface area contributed by atoms with Gasteiger partial charge >= 0.3 is 12.1 Å². The third-order valence-corrected chi connectivity index (χ3v) is 6.08. The third kappa shape index (κ3) is 7.61. The van der Waals surface area contributed by atoms with Crippen molar-refractivity contribution in [3.63, 3.8) is 0 Å². The Hall–Kier alpha value is -3.35. The SMILES string of the molecule is O=C(O)CCCNC(=O)CCCCCCCNC(=O)OCC1c2ccccc2-c2ccccc21. The Morgan fingerprint density at radius 3 is 2.00 bits per heavy atom. The van der Waals surface area contributed by atoms with Gasteiger partial charge in [-0.1, -0.05) is 67.8 Å². The number of alkyl carbamates (subject to hydrolysis) is 1. The fraction of sp³-hybridized carbons (Fsp3) is 0.444. The summed E-state index contributed by atoms with van der Waals surface area (Å²) < 4.78 is 5.54. The molecule has 0 bridgehead atoms. The maximum atomic E-state index is 12.2. The van der Waals surface area contributed by atoms with Crippen LogP contribution in [0.2, 0.25) is 0 Å². The lowest BCUT2D eigenvalue weighted by molar-refractivity contribution is -0.137. The van der Waals surface area contributed by atoms with Crippen LogP contribution < -0.4 is 10.6 Å². The van der Waals surface area contributed by atoms with Crippen LogP contribution in [0.15, 0.2) is 48.5 Å². The minimum absolute atomic E-state index is 0.0256. The van der Waals surface area contributed by atoms with Crippen LogP contribution in [-0.2, 0) is 14.3 Å². The van der Waals surface area contributed by atoms with Gasteiger partial charge in [-0.15, -0.1) is 0 Å². The topological polar surface area (TPSA) is 105 Å². The molecule has 0 saturated heterocycles. The Balaban J connectivity index is 1.23. The van der Waals surface area contributed by atoms with Crippen LogP contribution >= 0.6 is 0 Å². The number of aliphatic carboxylic acids is 1. The Labute approximate surface area is 200 Å². The summed E-state index contributed by atoms with van der Waals surface area (Å²) in [6.07, 6.45) is 5.21. The average Bonchev–Trinajstić information content (AvgIpc) is 3.16. The average molecular weight is 467 g/mol. The van der Waals surface area contributed by atoms with Crippen LogP contribution in [0.4, 0.5) is 4.79 Å². The number of unbranched alkanes of at least 4 members (excludes halogenated alkanes) is 4. The Morgan fingerprint density at radius 1 is 0.735 bits per heavy atom. The standard InChI is InChI=1S/C27H34N2O5/c30-25(28-18-10-16-26(31)32)15-4-2-1-3-9-17-29-27(33)34-19-24-22-13-7-5-11-20(22)21-12-6-8-14-23(21)24/h5-8,11-14,24H,1-4,9-10,15-19H2,(H,28,30)(H,29,33)(H,31,32). The molecule has 0 heterocycles. The van der Waals surface area contributed by atoms with Crippen molar-refractivity contribution in [1.82, 2.24) is 10.6 Å². The monoisotopic (exact) mass is 466 g/mol. The van der Waals surface area contributed by atoms with Crippen molar-refractivity contribution in [2.24, 2.45) is 0 Å². The fourth-order valence-electron chi connectivity index (χ4n) is 4.34. The van der Waals surface area contributed by atoms with E-state index in [1.165, 1.54) is 22.3 Å². The molecule has 0 radical (unpaired) electrons. The molecule has 0 spiro atoms. The molecule has 2 amide bonds. The first-order chi connectivity index (χ1) is 16.6. The summed E-state index contributed by atoms with van der Waals surface area (Å²) in [5.41, 5.74) is 4.82. The number of carbonyl (C=O) groups excluding carboxylic acids is 2. The highest BCUT2D eigenvalue weighted by Crippen LogP contribution is 2.44. The number of nitrogens with one attached hydrogen (secondary N) is 2. The zero-order valence-electron chi connectivity index (χ0n) is 19.6. The van der Waals surface area contributed by atoms with E-state index in [9.17, 15) is 14.4 Å². The normalized spacial score (nSPS) is 12.0. The summed E-state index contributed by atoms with van der Waals surface area (Å²) in [7, 11) is 0. The van der Waals surface area contributed by atoms with Crippen LogP contribution in [-0.4, -0.2) is 42.8 Å². The summed E-state index contributed by atoms with van der Waals surface area (Å²) in [5, 5.41) is 14.1. The first-order valence-electron chi connectivity index (χ1n) is 12.1. The first-order valence-corrected chi connectivity index (χ1v) is 12.1. The number of carboxylic acids is 1. The van der Waals surface area contributed by atoms with Crippen molar-refractivity contribution in [3.05, 3.63) is 59.7 Å². The van der Waals surface area contributed by atoms with E-state index in [0.717, 1.165) is 32.1 Å². The number of hydrogen-bond acceptors (Lipinski definition) is 4. The van der Waals surface area contributed by atoms with E-state index in [4.69, 9.17) is 9.84 Å². The summed E-state index contributed by atoms with van der Waals surface area (Å²) in [5.74, 6) is -0.808. The molecule has 1 aliphatic carbocycles. The van der Waals surface area contributed by atoms with Crippen LogP contribution in [0, 0.1) is 0 Å². The molecule has 0 unspecified atom stereocenters. The lowest BCUT2D eigenvalue weighted by Crippen LogP contribution is -2.27. The molecule has 1 aliphatic rings. The molecule has 3 N–H and O–H groups in total. The van der Waals surface area contributed by atoms with E-state index in [0.29, 0.717) is 32.5 Å². The molecule has 0 saturated carbocycles. The first kappa shape index (κ1) is 25.3. The number of fused-ring (bicyclic) bond motifs is 3. The molecular formula is C27H34N2O5. The van der Waals surface area contributed by atoms with E-state index < -0.39 is 5.97 Å². The molecule has 7 heteroatoms. The predicted molar refractivity (Wildman–Crippen MR) is 131 cm³/mol. The number of carboxylic acid groups (broad SMARTS) is 1. The van der Waals surface area contributed by atoms with Crippen LogP contribution in [0.5, 0.6) is 0 Å². The fourth-order valence-corrected chi connectivity index (χ4v) is 4.34. The predicted octanol–water partition coefficient (Wildman–Crippen LogP) is 4.85. The van der Waals surface area contributed by atoms with Gasteiger partial charge in [-0.2, -0.15) is 0 Å². The Kier molecular flexibility index (Phi) is 9.95. The summed E-state index contributed by atoms with van der Waals surface area (Å²) in [4.78, 5) is 34.3. The van der Waals surface area contributed by atoms with Crippen molar-refractivity contribution in [1.29, 1.82) is 0 Å². The molecule has 0 aliphatic heterocycles. The van der Waals surface area contributed by atoms with Crippen LogP contribution in [0.3, 0.4) is 0 Å². The quantitative estimate of drug-likeness (QED) is 0.345. The molecule has 2 aromatic carbocycles. The van der Waals surface area contributed by atoms with E-state index in [-0.39, 0.29) is 24.3 Å². The second kappa shape index (κ2) is 13.4. The van der Waals surface area contributed by atoms with Gasteiger partial charge in [0.25, 0.3) is 0 Å². The van der Waals surface area contributed by atoms with Gasteiger partial charge in [0, 0.05) is 31.8 Å². The maximum Gasteiger partial charge on any atom is 0.407 e. The molecule has 34 heavy (non-hydrogen) atoms. The second-order valence-corrected chi connectivity index (χ2v) is 8.62. The maximum absolute atomic E-state index is 12.2. The van der Waals surface area contributed by atoms with E-state index in [1.54, 1.807) is 0 Å². The van der Waals surface area contributed by atoms with Crippen molar-refractivity contribution >= 4 is 18.0 Å². The van der Waals surface area contributed by atoms with Gasteiger partial charge in [-0.25, -0.2) is 4.79 Å². The molecule has 3 rings (SSSR count). The largest absolute Gasteiger partial charge is 0.481 e. The highest BCUT2D eigenvalue weighted by atomic mass is 16.5. The zero-order chi connectivity index (χ0) is 24.2. The Morgan fingerprint density at radius 2 is 1.32 bits per heavy atom. The highest BCUT2D eigenvalue weighted by Gasteiger charge is 2.28. The molecular weight excluding hydrogens is 432 g/mol. The van der Waals surface area contributed by atoms with E-state index >= 15 is 0 Å². The molecule has 182 valence electrons. The van der Waals surface area contributed by atoms with Gasteiger partial charge in [0.05, 0.1) is 0 Å². The molecule has 2 aromatic rings. The number of hydrogen-bond donors (Lipinski definition) is 3. The van der Waals surface area contributed by atoms with Crippen molar-refractivity contribution in [2.45, 2.75) is 57.3 Å². The number of amides is 2. The number of benzene rings is 2. The van der Waals surface area contributed by atoms with Gasteiger partial charge in [-0.05, 0) is 41.5 Å². The lowest BCUT2D eigenvalue weighted by atomic mass is 9.98. The summed E-state index contributed by atoms with van der Waals surface area (Å²) in [6.45, 7) is 1.30. The number of ether oxygens (including phenoxy) is 1. The summed E-state index contributed by atoms with van der Waals surface area (Å²) >= 11 is 0. The summed E-state index contributed by atoms with van der Waals surface area (Å²) in [6, 6.07) is 16.5. The van der Waals surface area contributed by atoms with Crippen LogP contribution in [0.25, 0.3) is 11.1 Å². The van der Waals surface area contributed by atoms with Gasteiger partial charge in [0.1, 0.15) is 6.61 Å². The van der Waals surface area contributed by atoms with Gasteiger partial charge in [-0.3, -0.25) is 9.59 Å². The Bertz CT molecular complexity index is 929. The molecule has 7 nitrogen and oxygen atoms in total. The molecule has 0 fully saturated rings. The minimum Gasteiger partial charge on any atom is -0.481 e. The van der Waals surface area contributed by atoms with E-state index in [1.807, 2.05) is 24.3 Å². The van der Waals surface area contributed by atoms with E-state index in [2.05, 4.69) is 34.9 Å². The second-order valence-electron chi connectivity index (χ2n) is 8.62. The van der Waals surface area contributed by atoms with Crippen molar-refractivity contribution in [2.75, 3.05) is 19.7 Å². The van der Waals surface area contributed by atoms with Crippen LogP contribution in [0.1, 0.15) is 68.4 Å². The third-order valence-electron chi connectivity index (χ3n) is 6.08. The lowest BCUT2D eigenvalue weighted by Gasteiger charge is -2.14. The highest BCUT2D eigenvalue weighted by molar-refractivity contribution is 5.79. The van der Waals surface area contributed by atoms with Gasteiger partial charge < -0.3 is 20.5 Å².